The molecule has 0 aromatic carbocycles. The van der Waals surface area contributed by atoms with E-state index in [0.29, 0.717) is 0 Å². The number of nitro groups is 1. The first-order valence-electron chi connectivity index (χ1n) is 4.50. The van der Waals surface area contributed by atoms with Crippen LogP contribution < -0.4 is 4.74 Å². The van der Waals surface area contributed by atoms with E-state index >= 15 is 0 Å². The van der Waals surface area contributed by atoms with Gasteiger partial charge in [-0.1, -0.05) is 0 Å². The van der Waals surface area contributed by atoms with E-state index in [1.165, 1.54) is 0 Å². The maximum Gasteiger partial charge on any atom is 0.574 e. The van der Waals surface area contributed by atoms with Gasteiger partial charge in [0.1, 0.15) is 0 Å². The molecule has 0 saturated carbocycles. The Morgan fingerprint density at radius 1 is 1.38 bits per heavy atom. The number of rotatable bonds is 4. The molecule has 0 spiro atoms. The Bertz CT molecular complexity index is 677. The zero-order chi connectivity index (χ0) is 16.6. The number of halogens is 6. The smallest absolute Gasteiger partial charge is 0.381 e. The standard InChI is InChI=1S/C7H2ClF5N2O5S/c8-21(18,19)4-2(5(9)10)1-14-6(3(4)15(16)17)20-7(11,12)13/h1,5H. The highest BCUT2D eigenvalue weighted by atomic mass is 35.7. The maximum absolute atomic E-state index is 12.6. The molecule has 0 atom stereocenters. The lowest BCUT2D eigenvalue weighted by Gasteiger charge is -2.11. The number of hydrogen-bond acceptors (Lipinski definition) is 6. The Labute approximate surface area is 116 Å². The van der Waals surface area contributed by atoms with E-state index in [4.69, 9.17) is 10.7 Å². The van der Waals surface area contributed by atoms with E-state index in [0.717, 1.165) is 0 Å². The van der Waals surface area contributed by atoms with E-state index < -0.39 is 48.8 Å². The van der Waals surface area contributed by atoms with Crippen LogP contribution in [0.4, 0.5) is 27.6 Å². The van der Waals surface area contributed by atoms with Crippen molar-refractivity contribution in [2.24, 2.45) is 0 Å². The zero-order valence-electron chi connectivity index (χ0n) is 9.27. The van der Waals surface area contributed by atoms with Crippen LogP contribution in [0.5, 0.6) is 5.88 Å². The Balaban J connectivity index is 3.77. The predicted octanol–water partition coefficient (Wildman–Crippen LogP) is 2.75. The Morgan fingerprint density at radius 2 is 1.90 bits per heavy atom. The third-order valence-electron chi connectivity index (χ3n) is 1.87. The van der Waals surface area contributed by atoms with Crippen molar-refractivity contribution in [2.75, 3.05) is 0 Å². The average Bonchev–Trinajstić information content (AvgIpc) is 2.23. The van der Waals surface area contributed by atoms with Crippen molar-refractivity contribution < 1.29 is 40.0 Å². The van der Waals surface area contributed by atoms with E-state index in [1.54, 1.807) is 0 Å². The monoisotopic (exact) mass is 356 g/mol. The summed E-state index contributed by atoms with van der Waals surface area (Å²) in [7, 11) is -0.399. The molecule has 0 aliphatic rings. The van der Waals surface area contributed by atoms with Crippen LogP contribution in [-0.4, -0.2) is 24.7 Å². The second kappa shape index (κ2) is 5.55. The normalized spacial score (nSPS) is 12.5. The molecule has 14 heteroatoms. The summed E-state index contributed by atoms with van der Waals surface area (Å²) in [5.74, 6) is -1.82. The first-order chi connectivity index (χ1) is 9.34. The quantitative estimate of drug-likeness (QED) is 0.356. The van der Waals surface area contributed by atoms with E-state index in [9.17, 15) is 40.5 Å². The minimum atomic E-state index is -5.46. The second-order valence-corrected chi connectivity index (χ2v) is 5.74. The van der Waals surface area contributed by atoms with Crippen molar-refractivity contribution in [1.82, 2.24) is 4.98 Å². The fraction of sp³-hybridized carbons (Fsp3) is 0.286. The van der Waals surface area contributed by atoms with Crippen LogP contribution in [0.3, 0.4) is 0 Å². The molecule has 0 unspecified atom stereocenters. The van der Waals surface area contributed by atoms with Crippen molar-refractivity contribution in [3.63, 3.8) is 0 Å². The van der Waals surface area contributed by atoms with Gasteiger partial charge in [-0.15, -0.1) is 13.2 Å². The van der Waals surface area contributed by atoms with Crippen molar-refractivity contribution in [1.29, 1.82) is 0 Å². The largest absolute Gasteiger partial charge is 0.574 e. The van der Waals surface area contributed by atoms with Gasteiger partial charge in [-0.3, -0.25) is 10.1 Å². The molecule has 0 aliphatic heterocycles. The van der Waals surface area contributed by atoms with Gasteiger partial charge < -0.3 is 4.74 Å². The topological polar surface area (TPSA) is 99.4 Å². The second-order valence-electron chi connectivity index (χ2n) is 3.24. The molecule has 1 rings (SSSR count). The SMILES string of the molecule is O=[N+]([O-])c1c(OC(F)(F)F)ncc(C(F)F)c1S(=O)(=O)Cl. The molecular formula is C7H2ClF5N2O5S. The number of alkyl halides is 5. The highest BCUT2D eigenvalue weighted by molar-refractivity contribution is 8.13. The molecule has 0 N–H and O–H groups in total. The number of hydrogen-bond donors (Lipinski definition) is 0. The highest BCUT2D eigenvalue weighted by Crippen LogP contribution is 2.41. The van der Waals surface area contributed by atoms with Crippen molar-refractivity contribution in [2.45, 2.75) is 17.7 Å². The van der Waals surface area contributed by atoms with Crippen molar-refractivity contribution >= 4 is 25.4 Å². The van der Waals surface area contributed by atoms with Gasteiger partial charge >= 0.3 is 17.9 Å². The Morgan fingerprint density at radius 3 is 2.24 bits per heavy atom. The lowest BCUT2D eigenvalue weighted by molar-refractivity contribution is -0.392. The first kappa shape index (κ1) is 17.3. The molecule has 0 radical (unpaired) electrons. The minimum absolute atomic E-state index is 0.00595. The highest BCUT2D eigenvalue weighted by Gasteiger charge is 2.41. The van der Waals surface area contributed by atoms with Crippen LogP contribution in [0.1, 0.15) is 12.0 Å². The third kappa shape index (κ3) is 4.10. The predicted molar refractivity (Wildman–Crippen MR) is 55.6 cm³/mol. The van der Waals surface area contributed by atoms with E-state index in [-0.39, 0.29) is 6.20 Å². The lowest BCUT2D eigenvalue weighted by Crippen LogP contribution is -2.20. The molecule has 1 aromatic heterocycles. The summed E-state index contributed by atoms with van der Waals surface area (Å²) in [5, 5.41) is 10.7. The Hall–Kier alpha value is -1.76. The van der Waals surface area contributed by atoms with Gasteiger partial charge in [-0.25, -0.2) is 22.2 Å². The van der Waals surface area contributed by atoms with Crippen molar-refractivity contribution in [3.8, 4) is 5.88 Å². The average molecular weight is 357 g/mol. The molecule has 0 bridgehead atoms. The molecule has 7 nitrogen and oxygen atoms in total. The van der Waals surface area contributed by atoms with Crippen LogP contribution in [0, 0.1) is 10.1 Å². The molecule has 0 saturated heterocycles. The summed E-state index contributed by atoms with van der Waals surface area (Å²) >= 11 is 0. The number of aromatic nitrogens is 1. The summed E-state index contributed by atoms with van der Waals surface area (Å²) in [6, 6.07) is 0. The lowest BCUT2D eigenvalue weighted by atomic mass is 10.2. The first-order valence-corrected chi connectivity index (χ1v) is 6.81. The van der Waals surface area contributed by atoms with Crippen LogP contribution in [0.15, 0.2) is 11.1 Å². The molecule has 1 heterocycles. The minimum Gasteiger partial charge on any atom is -0.381 e. The fourth-order valence-corrected chi connectivity index (χ4v) is 2.54. The van der Waals surface area contributed by atoms with Crippen LogP contribution in [0.2, 0.25) is 0 Å². The fourth-order valence-electron chi connectivity index (χ4n) is 1.24. The summed E-state index contributed by atoms with van der Waals surface area (Å²) in [4.78, 5) is 9.92. The third-order valence-corrected chi connectivity index (χ3v) is 3.25. The summed E-state index contributed by atoms with van der Waals surface area (Å²) in [5.41, 5.74) is -3.45. The molecule has 0 amide bonds. The van der Waals surface area contributed by atoms with Crippen LogP contribution in [-0.2, 0) is 9.05 Å². The van der Waals surface area contributed by atoms with Gasteiger partial charge in [0.15, 0.2) is 4.90 Å². The van der Waals surface area contributed by atoms with Gasteiger partial charge in [0.2, 0.25) is 0 Å². The van der Waals surface area contributed by atoms with Gasteiger partial charge in [0.05, 0.1) is 10.5 Å². The van der Waals surface area contributed by atoms with Crippen molar-refractivity contribution in [3.05, 3.63) is 21.9 Å². The molecule has 0 fully saturated rings. The van der Waals surface area contributed by atoms with Crippen LogP contribution in [0.25, 0.3) is 0 Å². The van der Waals surface area contributed by atoms with Gasteiger partial charge in [-0.05, 0) is 0 Å². The van der Waals surface area contributed by atoms with Gasteiger partial charge in [-0.2, -0.15) is 0 Å². The van der Waals surface area contributed by atoms with E-state index in [1.807, 2.05) is 0 Å². The zero-order valence-corrected chi connectivity index (χ0v) is 10.8. The van der Waals surface area contributed by atoms with Crippen LogP contribution >= 0.6 is 10.7 Å². The molecule has 1 aromatic rings. The maximum atomic E-state index is 12.6. The summed E-state index contributed by atoms with van der Waals surface area (Å²) < 4.78 is 86.9. The molecular weight excluding hydrogens is 355 g/mol. The Kier molecular flexibility index (Phi) is 4.57. The molecule has 21 heavy (non-hydrogen) atoms. The number of ether oxygens (including phenoxy) is 1. The van der Waals surface area contributed by atoms with Gasteiger partial charge in [0, 0.05) is 16.9 Å². The molecule has 0 aliphatic carbocycles. The van der Waals surface area contributed by atoms with E-state index in [2.05, 4.69) is 9.72 Å². The number of nitrogens with zero attached hydrogens (tertiary/aromatic N) is 2. The summed E-state index contributed by atoms with van der Waals surface area (Å²) in [6.45, 7) is 0. The summed E-state index contributed by atoms with van der Waals surface area (Å²) in [6.07, 6.45) is -9.05. The van der Waals surface area contributed by atoms with Gasteiger partial charge in [0.25, 0.3) is 15.5 Å². The molecule has 118 valence electrons. The number of pyridine rings is 1.